The Bertz CT molecular complexity index is 637. The Kier molecular flexibility index (Phi) is 3.84. The van der Waals surface area contributed by atoms with Crippen molar-refractivity contribution in [2.75, 3.05) is 23.8 Å². The Morgan fingerprint density at radius 3 is 2.86 bits per heavy atom. The van der Waals surface area contributed by atoms with E-state index in [1.54, 1.807) is 6.92 Å². The van der Waals surface area contributed by atoms with Crippen LogP contribution in [0.2, 0.25) is 0 Å². The lowest BCUT2D eigenvalue weighted by atomic mass is 10.1. The Hall–Kier alpha value is -2.00. The van der Waals surface area contributed by atoms with Crippen molar-refractivity contribution in [2.45, 2.75) is 26.0 Å². The molecule has 1 atom stereocenters. The summed E-state index contributed by atoms with van der Waals surface area (Å²) in [6, 6.07) is 14.6. The van der Waals surface area contributed by atoms with Gasteiger partial charge in [0.1, 0.15) is 0 Å². The summed E-state index contributed by atoms with van der Waals surface area (Å²) in [6.45, 7) is 3.68. The van der Waals surface area contributed by atoms with E-state index >= 15 is 0 Å². The second-order valence-electron chi connectivity index (χ2n) is 5.75. The number of nitrogens with one attached hydrogen (secondary N) is 1. The van der Waals surface area contributed by atoms with Crippen molar-refractivity contribution in [3.05, 3.63) is 59.2 Å². The van der Waals surface area contributed by atoms with Gasteiger partial charge in [0.25, 0.3) is 0 Å². The normalized spacial score (nSPS) is 14.9. The summed E-state index contributed by atoms with van der Waals surface area (Å²) < 4.78 is 0. The Labute approximate surface area is 126 Å². The third-order valence-electron chi connectivity index (χ3n) is 4.17. The van der Waals surface area contributed by atoms with Gasteiger partial charge in [0, 0.05) is 37.1 Å². The molecule has 2 aromatic carbocycles. The second kappa shape index (κ2) is 5.78. The van der Waals surface area contributed by atoms with Gasteiger partial charge in [0.2, 0.25) is 0 Å². The number of likely N-dealkylation sites (N-methyl/N-ethyl adjacent to an activating group) is 1. The minimum atomic E-state index is -0.456. The van der Waals surface area contributed by atoms with E-state index in [-0.39, 0.29) is 0 Å². The molecule has 21 heavy (non-hydrogen) atoms. The molecular weight excluding hydrogens is 260 g/mol. The number of anilines is 2. The number of hydrogen-bond donors (Lipinski definition) is 2. The molecule has 0 radical (unpaired) electrons. The number of fused-ring (bicyclic) bond motifs is 1. The number of hydrogen-bond acceptors (Lipinski definition) is 3. The smallest absolute Gasteiger partial charge is 0.0781 e. The molecule has 0 aliphatic carbocycles. The first-order chi connectivity index (χ1) is 10.1. The minimum absolute atomic E-state index is 0.456. The fraction of sp³-hybridized carbons (Fsp3) is 0.333. The second-order valence-corrected chi connectivity index (χ2v) is 5.75. The zero-order valence-electron chi connectivity index (χ0n) is 12.6. The molecule has 1 heterocycles. The largest absolute Gasteiger partial charge is 0.389 e. The van der Waals surface area contributed by atoms with E-state index in [4.69, 9.17) is 0 Å². The molecule has 2 N–H and O–H groups in total. The molecule has 1 aliphatic rings. The molecule has 0 amide bonds. The maximum Gasteiger partial charge on any atom is 0.0781 e. The lowest BCUT2D eigenvalue weighted by molar-refractivity contribution is 0.200. The highest BCUT2D eigenvalue weighted by Gasteiger charge is 2.15. The monoisotopic (exact) mass is 282 g/mol. The predicted molar refractivity (Wildman–Crippen MR) is 87.8 cm³/mol. The van der Waals surface area contributed by atoms with Gasteiger partial charge in [0.15, 0.2) is 0 Å². The van der Waals surface area contributed by atoms with Crippen LogP contribution in [0.1, 0.15) is 29.7 Å². The van der Waals surface area contributed by atoms with Gasteiger partial charge in [-0.05, 0) is 36.6 Å². The van der Waals surface area contributed by atoms with E-state index in [2.05, 4.69) is 35.5 Å². The van der Waals surface area contributed by atoms with Crippen LogP contribution in [0.3, 0.4) is 0 Å². The van der Waals surface area contributed by atoms with Gasteiger partial charge in [-0.25, -0.2) is 0 Å². The SMILES string of the molecule is CC(O)c1ccccc1NCc1ccc2c(c1)CCN2C. The molecule has 0 fully saturated rings. The summed E-state index contributed by atoms with van der Waals surface area (Å²) >= 11 is 0. The molecule has 2 aromatic rings. The molecular formula is C18H22N2O. The number of para-hydroxylation sites is 1. The van der Waals surface area contributed by atoms with Crippen LogP contribution in [0.15, 0.2) is 42.5 Å². The first-order valence-corrected chi connectivity index (χ1v) is 7.49. The summed E-state index contributed by atoms with van der Waals surface area (Å²) in [5.74, 6) is 0. The van der Waals surface area contributed by atoms with Crippen molar-refractivity contribution in [2.24, 2.45) is 0 Å². The van der Waals surface area contributed by atoms with E-state index in [0.717, 1.165) is 30.8 Å². The van der Waals surface area contributed by atoms with E-state index in [0.29, 0.717) is 0 Å². The van der Waals surface area contributed by atoms with Gasteiger partial charge in [-0.15, -0.1) is 0 Å². The zero-order valence-corrected chi connectivity index (χ0v) is 12.6. The van der Waals surface area contributed by atoms with Crippen LogP contribution in [-0.4, -0.2) is 18.7 Å². The summed E-state index contributed by atoms with van der Waals surface area (Å²) in [4.78, 5) is 2.30. The van der Waals surface area contributed by atoms with Crippen LogP contribution in [0.5, 0.6) is 0 Å². The molecule has 0 aromatic heterocycles. The number of aliphatic hydroxyl groups is 1. The molecule has 1 aliphatic heterocycles. The van der Waals surface area contributed by atoms with Crippen LogP contribution in [0.25, 0.3) is 0 Å². The molecule has 0 bridgehead atoms. The minimum Gasteiger partial charge on any atom is -0.389 e. The van der Waals surface area contributed by atoms with Crippen molar-refractivity contribution >= 4 is 11.4 Å². The molecule has 1 unspecified atom stereocenters. The average Bonchev–Trinajstić information content (AvgIpc) is 2.86. The van der Waals surface area contributed by atoms with Crippen molar-refractivity contribution in [3.8, 4) is 0 Å². The molecule has 0 spiro atoms. The third kappa shape index (κ3) is 2.88. The van der Waals surface area contributed by atoms with E-state index < -0.39 is 6.10 Å². The van der Waals surface area contributed by atoms with Crippen molar-refractivity contribution in [1.29, 1.82) is 0 Å². The highest BCUT2D eigenvalue weighted by molar-refractivity contribution is 5.59. The summed E-state index contributed by atoms with van der Waals surface area (Å²) in [7, 11) is 2.14. The molecule has 110 valence electrons. The standard InChI is InChI=1S/C18H22N2O/c1-13(21)16-5-3-4-6-17(16)19-12-14-7-8-18-15(11-14)9-10-20(18)2/h3-8,11,13,19,21H,9-10,12H2,1-2H3. The number of nitrogens with zero attached hydrogens (tertiary/aromatic N) is 1. The van der Waals surface area contributed by atoms with Crippen molar-refractivity contribution in [1.82, 2.24) is 0 Å². The molecule has 0 saturated carbocycles. The van der Waals surface area contributed by atoms with Crippen molar-refractivity contribution < 1.29 is 5.11 Å². The van der Waals surface area contributed by atoms with Crippen LogP contribution in [0.4, 0.5) is 11.4 Å². The maximum absolute atomic E-state index is 9.81. The van der Waals surface area contributed by atoms with Gasteiger partial charge in [-0.2, -0.15) is 0 Å². The van der Waals surface area contributed by atoms with Crippen LogP contribution < -0.4 is 10.2 Å². The van der Waals surface area contributed by atoms with Crippen LogP contribution in [-0.2, 0) is 13.0 Å². The van der Waals surface area contributed by atoms with E-state index in [9.17, 15) is 5.11 Å². The quantitative estimate of drug-likeness (QED) is 0.902. The van der Waals surface area contributed by atoms with Crippen LogP contribution in [0, 0.1) is 0 Å². The number of aliphatic hydroxyl groups excluding tert-OH is 1. The fourth-order valence-corrected chi connectivity index (χ4v) is 2.95. The lowest BCUT2D eigenvalue weighted by Crippen LogP contribution is -2.12. The van der Waals surface area contributed by atoms with E-state index in [1.165, 1.54) is 16.8 Å². The fourth-order valence-electron chi connectivity index (χ4n) is 2.95. The topological polar surface area (TPSA) is 35.5 Å². The predicted octanol–water partition coefficient (Wildman–Crippen LogP) is 3.34. The Morgan fingerprint density at radius 2 is 2.05 bits per heavy atom. The molecule has 3 rings (SSSR count). The first kappa shape index (κ1) is 14.0. The van der Waals surface area contributed by atoms with Gasteiger partial charge in [-0.1, -0.05) is 30.3 Å². The Morgan fingerprint density at radius 1 is 1.24 bits per heavy atom. The summed E-state index contributed by atoms with van der Waals surface area (Å²) in [6.07, 6.45) is 0.673. The summed E-state index contributed by atoms with van der Waals surface area (Å²) in [5, 5.41) is 13.3. The van der Waals surface area contributed by atoms with Gasteiger partial charge in [-0.3, -0.25) is 0 Å². The zero-order chi connectivity index (χ0) is 14.8. The highest BCUT2D eigenvalue weighted by atomic mass is 16.3. The lowest BCUT2D eigenvalue weighted by Gasteiger charge is -2.15. The maximum atomic E-state index is 9.81. The van der Waals surface area contributed by atoms with E-state index in [1.807, 2.05) is 24.3 Å². The number of benzene rings is 2. The third-order valence-corrected chi connectivity index (χ3v) is 4.17. The van der Waals surface area contributed by atoms with Gasteiger partial charge in [0.05, 0.1) is 6.10 Å². The summed E-state index contributed by atoms with van der Waals surface area (Å²) in [5.41, 5.74) is 6.01. The van der Waals surface area contributed by atoms with Gasteiger partial charge >= 0.3 is 0 Å². The van der Waals surface area contributed by atoms with Gasteiger partial charge < -0.3 is 15.3 Å². The number of rotatable bonds is 4. The Balaban J connectivity index is 1.74. The highest BCUT2D eigenvalue weighted by Crippen LogP contribution is 2.28. The van der Waals surface area contributed by atoms with Crippen LogP contribution >= 0.6 is 0 Å². The molecule has 3 nitrogen and oxygen atoms in total. The van der Waals surface area contributed by atoms with Crippen molar-refractivity contribution in [3.63, 3.8) is 0 Å². The molecule has 3 heteroatoms. The first-order valence-electron chi connectivity index (χ1n) is 7.49. The molecule has 0 saturated heterocycles. The average molecular weight is 282 g/mol.